The third-order valence-electron chi connectivity index (χ3n) is 4.27. The van der Waals surface area contributed by atoms with Crippen LogP contribution in [0.4, 0.5) is 35.0 Å². The molecule has 0 spiro atoms. The van der Waals surface area contributed by atoms with Crippen LogP contribution < -0.4 is 14.9 Å². The quantitative estimate of drug-likeness (QED) is 0.797. The maximum absolute atomic E-state index is 12.8. The Labute approximate surface area is 160 Å². The lowest BCUT2D eigenvalue weighted by molar-refractivity contribution is -0.137. The molecule has 0 aliphatic carbocycles. The van der Waals surface area contributed by atoms with E-state index in [0.717, 1.165) is 30.4 Å². The van der Waals surface area contributed by atoms with Crippen molar-refractivity contribution in [2.75, 3.05) is 27.7 Å². The van der Waals surface area contributed by atoms with Crippen molar-refractivity contribution in [3.05, 3.63) is 53.6 Å². The van der Waals surface area contributed by atoms with E-state index < -0.39 is 27.8 Å². The number of halogens is 3. The molecule has 0 saturated carbocycles. The normalized spacial score (nSPS) is 14.4. The Balaban J connectivity index is 1.77. The molecule has 1 aliphatic rings. The predicted molar refractivity (Wildman–Crippen MR) is 101 cm³/mol. The zero-order valence-corrected chi connectivity index (χ0v) is 15.7. The van der Waals surface area contributed by atoms with E-state index in [-0.39, 0.29) is 5.69 Å². The highest BCUT2D eigenvalue weighted by Gasteiger charge is 2.30. The Morgan fingerprint density at radius 3 is 2.39 bits per heavy atom. The van der Waals surface area contributed by atoms with Crippen LogP contribution in [-0.4, -0.2) is 27.2 Å². The lowest BCUT2D eigenvalue weighted by atomic mass is 10.0. The summed E-state index contributed by atoms with van der Waals surface area (Å²) < 4.78 is 63.5. The van der Waals surface area contributed by atoms with E-state index in [1.165, 1.54) is 16.4 Å². The van der Waals surface area contributed by atoms with E-state index in [0.29, 0.717) is 24.3 Å². The number of amides is 2. The van der Waals surface area contributed by atoms with Crippen molar-refractivity contribution >= 4 is 33.1 Å². The van der Waals surface area contributed by atoms with Crippen LogP contribution in [0.3, 0.4) is 0 Å². The molecule has 0 atom stereocenters. The van der Waals surface area contributed by atoms with E-state index in [2.05, 4.69) is 10.6 Å². The fourth-order valence-corrected chi connectivity index (χ4v) is 4.02. The van der Waals surface area contributed by atoms with Crippen LogP contribution in [0.2, 0.25) is 0 Å². The third kappa shape index (κ3) is 4.56. The molecule has 10 heteroatoms. The summed E-state index contributed by atoms with van der Waals surface area (Å²) in [6.07, 6.45) is -1.98. The number of carbonyl (C=O) groups is 1. The van der Waals surface area contributed by atoms with E-state index in [1.807, 2.05) is 0 Å². The monoisotopic (exact) mass is 413 g/mol. The summed E-state index contributed by atoms with van der Waals surface area (Å²) in [4.78, 5) is 12.2. The molecule has 3 rings (SSSR count). The first-order chi connectivity index (χ1) is 13.0. The lowest BCUT2D eigenvalue weighted by Crippen LogP contribution is -2.34. The molecule has 2 amide bonds. The van der Waals surface area contributed by atoms with Gasteiger partial charge >= 0.3 is 12.2 Å². The van der Waals surface area contributed by atoms with E-state index in [1.54, 1.807) is 18.2 Å². The first kappa shape index (κ1) is 20.0. The summed E-state index contributed by atoms with van der Waals surface area (Å²) in [6.45, 7) is 0.353. The maximum Gasteiger partial charge on any atom is 0.416 e. The lowest BCUT2D eigenvalue weighted by Gasteiger charge is -2.29. The number of hydrogen-bond acceptors (Lipinski definition) is 3. The van der Waals surface area contributed by atoms with Crippen molar-refractivity contribution in [3.8, 4) is 0 Å². The zero-order valence-electron chi connectivity index (χ0n) is 14.9. The molecule has 0 saturated heterocycles. The summed E-state index contributed by atoms with van der Waals surface area (Å²) >= 11 is 0. The standard InChI is InChI=1S/C18H18F3N3O3S/c1-28(26,27)24-9-3-4-12-7-8-15(11-16(12)24)23-17(25)22-14-6-2-5-13(10-14)18(19,20)21/h2,5-8,10-11H,3-4,9H2,1H3,(H2,22,23,25). The SMILES string of the molecule is CS(=O)(=O)N1CCCc2ccc(NC(=O)Nc3cccc(C(F)(F)F)c3)cc21. The Morgan fingerprint density at radius 1 is 1.07 bits per heavy atom. The van der Waals surface area contributed by atoms with Crippen molar-refractivity contribution in [2.45, 2.75) is 19.0 Å². The smallest absolute Gasteiger partial charge is 0.308 e. The van der Waals surface area contributed by atoms with E-state index in [4.69, 9.17) is 0 Å². The molecular formula is C18H18F3N3O3S. The number of nitrogens with zero attached hydrogens (tertiary/aromatic N) is 1. The van der Waals surface area contributed by atoms with Gasteiger partial charge in [0.25, 0.3) is 0 Å². The average Bonchev–Trinajstić information content (AvgIpc) is 2.59. The van der Waals surface area contributed by atoms with Gasteiger partial charge in [-0.3, -0.25) is 4.31 Å². The van der Waals surface area contributed by atoms with Crippen LogP contribution in [0, 0.1) is 0 Å². The molecule has 150 valence electrons. The number of aryl methyl sites for hydroxylation is 1. The summed E-state index contributed by atoms with van der Waals surface area (Å²) in [5, 5.41) is 4.86. The molecule has 1 aliphatic heterocycles. The molecule has 2 aromatic rings. The number of urea groups is 1. The minimum Gasteiger partial charge on any atom is -0.308 e. The third-order valence-corrected chi connectivity index (χ3v) is 5.45. The molecule has 28 heavy (non-hydrogen) atoms. The average molecular weight is 413 g/mol. The number of hydrogen-bond donors (Lipinski definition) is 2. The van der Waals surface area contributed by atoms with Gasteiger partial charge in [-0.05, 0) is 48.7 Å². The van der Waals surface area contributed by atoms with Gasteiger partial charge in [-0.25, -0.2) is 13.2 Å². The Hall–Kier alpha value is -2.75. The maximum atomic E-state index is 12.8. The largest absolute Gasteiger partial charge is 0.416 e. The topological polar surface area (TPSA) is 78.5 Å². The van der Waals surface area contributed by atoms with Gasteiger partial charge in [0.15, 0.2) is 0 Å². The molecule has 0 unspecified atom stereocenters. The molecule has 6 nitrogen and oxygen atoms in total. The van der Waals surface area contributed by atoms with Gasteiger partial charge < -0.3 is 10.6 Å². The van der Waals surface area contributed by atoms with Crippen molar-refractivity contribution < 1.29 is 26.4 Å². The van der Waals surface area contributed by atoms with Gasteiger partial charge in [-0.2, -0.15) is 13.2 Å². The van der Waals surface area contributed by atoms with Gasteiger partial charge in [-0.1, -0.05) is 12.1 Å². The van der Waals surface area contributed by atoms with Gasteiger partial charge in [0.2, 0.25) is 10.0 Å². The fraction of sp³-hybridized carbons (Fsp3) is 0.278. The van der Waals surface area contributed by atoms with Crippen LogP contribution >= 0.6 is 0 Å². The van der Waals surface area contributed by atoms with Crippen LogP contribution in [0.25, 0.3) is 0 Å². The molecule has 0 radical (unpaired) electrons. The summed E-state index contributed by atoms with van der Waals surface area (Å²) in [6, 6.07) is 8.43. The molecule has 0 fully saturated rings. The van der Waals surface area contributed by atoms with Crippen LogP contribution in [0.5, 0.6) is 0 Å². The molecule has 0 bridgehead atoms. The van der Waals surface area contributed by atoms with Crippen LogP contribution in [0.15, 0.2) is 42.5 Å². The number of rotatable bonds is 3. The number of nitrogens with one attached hydrogen (secondary N) is 2. The van der Waals surface area contributed by atoms with Crippen molar-refractivity contribution in [1.82, 2.24) is 0 Å². The van der Waals surface area contributed by atoms with E-state index >= 15 is 0 Å². The van der Waals surface area contributed by atoms with Crippen molar-refractivity contribution in [1.29, 1.82) is 0 Å². The Bertz CT molecular complexity index is 1010. The summed E-state index contributed by atoms with van der Waals surface area (Å²) in [5.41, 5.74) is 0.788. The second kappa shape index (κ2) is 7.34. The first-order valence-electron chi connectivity index (χ1n) is 8.40. The van der Waals surface area contributed by atoms with Gasteiger partial charge in [0.1, 0.15) is 0 Å². The Morgan fingerprint density at radius 2 is 1.75 bits per heavy atom. The highest BCUT2D eigenvalue weighted by atomic mass is 32.2. The van der Waals surface area contributed by atoms with E-state index in [9.17, 15) is 26.4 Å². The van der Waals surface area contributed by atoms with Crippen molar-refractivity contribution in [2.24, 2.45) is 0 Å². The minimum absolute atomic E-state index is 0.0111. The second-order valence-electron chi connectivity index (χ2n) is 6.44. The highest BCUT2D eigenvalue weighted by Crippen LogP contribution is 2.32. The van der Waals surface area contributed by atoms with Crippen LogP contribution in [0.1, 0.15) is 17.5 Å². The zero-order chi connectivity index (χ0) is 20.5. The number of fused-ring (bicyclic) bond motifs is 1. The second-order valence-corrected chi connectivity index (χ2v) is 8.35. The summed E-state index contributed by atoms with van der Waals surface area (Å²) in [7, 11) is -3.45. The molecule has 2 N–H and O–H groups in total. The number of benzene rings is 2. The number of anilines is 3. The van der Waals surface area contributed by atoms with Crippen LogP contribution in [-0.2, 0) is 22.6 Å². The Kier molecular flexibility index (Phi) is 5.24. The summed E-state index contributed by atoms with van der Waals surface area (Å²) in [5.74, 6) is 0. The number of carbonyl (C=O) groups excluding carboxylic acids is 1. The van der Waals surface area contributed by atoms with Crippen molar-refractivity contribution in [3.63, 3.8) is 0 Å². The molecule has 1 heterocycles. The molecule has 2 aromatic carbocycles. The predicted octanol–water partition coefficient (Wildman–Crippen LogP) is 4.06. The molecule has 0 aromatic heterocycles. The van der Waals surface area contributed by atoms with Gasteiger partial charge in [-0.15, -0.1) is 0 Å². The van der Waals surface area contributed by atoms with Gasteiger partial charge in [0, 0.05) is 17.9 Å². The number of sulfonamides is 1. The fourth-order valence-electron chi connectivity index (χ4n) is 3.03. The minimum atomic E-state index is -4.51. The first-order valence-corrected chi connectivity index (χ1v) is 10.2. The molecular weight excluding hydrogens is 395 g/mol. The number of alkyl halides is 3. The highest BCUT2D eigenvalue weighted by molar-refractivity contribution is 7.92. The van der Waals surface area contributed by atoms with Gasteiger partial charge in [0.05, 0.1) is 17.5 Å².